The summed E-state index contributed by atoms with van der Waals surface area (Å²) >= 11 is 1.25. The van der Waals surface area contributed by atoms with Crippen molar-refractivity contribution in [2.24, 2.45) is 0 Å². The number of nitrogens with two attached hydrogens (primary N) is 1. The molecule has 0 fully saturated rings. The number of nitrogen functional groups attached to an aromatic ring is 1. The zero-order chi connectivity index (χ0) is 20.4. The number of carbonyl (C=O) groups excluding carboxylic acids is 1. The molecule has 0 radical (unpaired) electrons. The maximum Gasteiger partial charge on any atom is 0.233 e. The van der Waals surface area contributed by atoms with E-state index in [1.165, 1.54) is 39.7 Å². The number of rotatable bonds is 5. The first kappa shape index (κ1) is 19.4. The van der Waals surface area contributed by atoms with Crippen molar-refractivity contribution < 1.29 is 9.18 Å². The van der Waals surface area contributed by atoms with Crippen LogP contribution >= 0.6 is 11.8 Å². The number of benzene rings is 2. The van der Waals surface area contributed by atoms with Crippen molar-refractivity contribution in [3.05, 3.63) is 65.5 Å². The van der Waals surface area contributed by atoms with Crippen LogP contribution in [0, 0.1) is 5.82 Å². The molecule has 0 spiro atoms. The van der Waals surface area contributed by atoms with Gasteiger partial charge in [-0.2, -0.15) is 0 Å². The quantitative estimate of drug-likeness (QED) is 0.496. The van der Waals surface area contributed by atoms with Gasteiger partial charge in [-0.05, 0) is 61.6 Å². The van der Waals surface area contributed by atoms with E-state index >= 15 is 0 Å². The summed E-state index contributed by atoms with van der Waals surface area (Å²) in [6, 6.07) is 14.2. The minimum absolute atomic E-state index is 0.0287. The number of nitrogens with one attached hydrogen (secondary N) is 1. The molecular weight excluding hydrogens is 389 g/mol. The first-order valence-electron chi connectivity index (χ1n) is 9.54. The SMILES string of the molecule is C[C@@H](Sc1nnc(-c2ccc(F)cc2)n1N)C(=O)N[C@H]1CCCc2ccccc21. The molecule has 0 unspecified atom stereocenters. The summed E-state index contributed by atoms with van der Waals surface area (Å²) in [7, 11) is 0. The van der Waals surface area contributed by atoms with Crippen LogP contribution in [0.3, 0.4) is 0 Å². The third-order valence-electron chi connectivity index (χ3n) is 5.10. The Morgan fingerprint density at radius 3 is 2.79 bits per heavy atom. The molecule has 2 aromatic carbocycles. The van der Waals surface area contributed by atoms with Crippen molar-refractivity contribution in [2.75, 3.05) is 5.84 Å². The minimum atomic E-state index is -0.392. The Morgan fingerprint density at radius 1 is 1.24 bits per heavy atom. The van der Waals surface area contributed by atoms with E-state index in [0.717, 1.165) is 19.3 Å². The fraction of sp³-hybridized carbons (Fsp3) is 0.286. The molecule has 1 heterocycles. The standard InChI is InChI=1S/C21H22FN5OS/c1-13(20(28)24-18-8-4-6-14-5-2-3-7-17(14)18)29-21-26-25-19(27(21)23)15-9-11-16(22)12-10-15/h2-3,5,7,9-13,18H,4,6,8,23H2,1H3,(H,24,28)/t13-,18+/m1/s1. The van der Waals surface area contributed by atoms with Gasteiger partial charge < -0.3 is 11.2 Å². The average molecular weight is 412 g/mol. The largest absolute Gasteiger partial charge is 0.348 e. The molecule has 2 atom stereocenters. The van der Waals surface area contributed by atoms with Crippen LogP contribution in [0.4, 0.5) is 4.39 Å². The molecule has 3 N–H and O–H groups in total. The molecular formula is C21H22FN5OS. The summed E-state index contributed by atoms with van der Waals surface area (Å²) in [6.45, 7) is 1.82. The zero-order valence-corrected chi connectivity index (χ0v) is 16.8. The van der Waals surface area contributed by atoms with E-state index in [1.54, 1.807) is 12.1 Å². The summed E-state index contributed by atoms with van der Waals surface area (Å²) < 4.78 is 14.5. The molecule has 150 valence electrons. The van der Waals surface area contributed by atoms with E-state index < -0.39 is 5.25 Å². The van der Waals surface area contributed by atoms with E-state index in [-0.39, 0.29) is 17.8 Å². The summed E-state index contributed by atoms with van der Waals surface area (Å²) in [5, 5.41) is 11.4. The normalized spacial score (nSPS) is 16.8. The van der Waals surface area contributed by atoms with E-state index in [1.807, 2.05) is 19.1 Å². The lowest BCUT2D eigenvalue weighted by atomic mass is 9.88. The first-order valence-corrected chi connectivity index (χ1v) is 10.4. The molecule has 0 saturated heterocycles. The fourth-order valence-corrected chi connectivity index (χ4v) is 4.34. The van der Waals surface area contributed by atoms with Crippen molar-refractivity contribution >= 4 is 17.7 Å². The molecule has 1 aliphatic rings. The van der Waals surface area contributed by atoms with Crippen LogP contribution in [0.25, 0.3) is 11.4 Å². The zero-order valence-electron chi connectivity index (χ0n) is 16.0. The van der Waals surface area contributed by atoms with Gasteiger partial charge in [-0.25, -0.2) is 9.07 Å². The summed E-state index contributed by atoms with van der Waals surface area (Å²) in [4.78, 5) is 12.8. The van der Waals surface area contributed by atoms with Crippen molar-refractivity contribution in [3.63, 3.8) is 0 Å². The second-order valence-electron chi connectivity index (χ2n) is 7.10. The topological polar surface area (TPSA) is 85.8 Å². The van der Waals surface area contributed by atoms with Crippen molar-refractivity contribution in [1.29, 1.82) is 0 Å². The lowest BCUT2D eigenvalue weighted by Gasteiger charge is -2.27. The molecule has 0 aliphatic heterocycles. The molecule has 29 heavy (non-hydrogen) atoms. The van der Waals surface area contributed by atoms with E-state index in [9.17, 15) is 9.18 Å². The van der Waals surface area contributed by atoms with Gasteiger partial charge in [0.05, 0.1) is 11.3 Å². The third-order valence-corrected chi connectivity index (χ3v) is 6.16. The van der Waals surface area contributed by atoms with Gasteiger partial charge in [0.15, 0.2) is 5.82 Å². The Kier molecular flexibility index (Phi) is 5.53. The maximum atomic E-state index is 13.1. The molecule has 1 aromatic heterocycles. The average Bonchev–Trinajstić information content (AvgIpc) is 3.09. The monoisotopic (exact) mass is 411 g/mol. The number of hydrogen-bond acceptors (Lipinski definition) is 5. The molecule has 0 saturated carbocycles. The third kappa shape index (κ3) is 4.12. The Bertz CT molecular complexity index is 1020. The Balaban J connectivity index is 1.44. The Hall–Kier alpha value is -2.87. The Labute approximate surface area is 172 Å². The second-order valence-corrected chi connectivity index (χ2v) is 8.40. The smallest absolute Gasteiger partial charge is 0.233 e. The van der Waals surface area contributed by atoms with Crippen molar-refractivity contribution in [1.82, 2.24) is 20.2 Å². The van der Waals surface area contributed by atoms with Crippen LogP contribution < -0.4 is 11.2 Å². The minimum Gasteiger partial charge on any atom is -0.348 e. The first-order chi connectivity index (χ1) is 14.0. The number of aromatic nitrogens is 3. The number of halogens is 1. The van der Waals surface area contributed by atoms with Gasteiger partial charge in [0, 0.05) is 5.56 Å². The highest BCUT2D eigenvalue weighted by Crippen LogP contribution is 2.31. The maximum absolute atomic E-state index is 13.1. The van der Waals surface area contributed by atoms with Crippen LogP contribution in [0.15, 0.2) is 53.7 Å². The summed E-state index contributed by atoms with van der Waals surface area (Å²) in [5.74, 6) is 6.13. The van der Waals surface area contributed by atoms with Gasteiger partial charge in [-0.1, -0.05) is 36.0 Å². The van der Waals surface area contributed by atoms with Gasteiger partial charge in [0.2, 0.25) is 11.1 Å². The molecule has 4 rings (SSSR count). The molecule has 3 aromatic rings. The molecule has 1 aliphatic carbocycles. The number of aryl methyl sites for hydroxylation is 1. The highest BCUT2D eigenvalue weighted by Gasteiger charge is 2.25. The van der Waals surface area contributed by atoms with E-state index in [0.29, 0.717) is 16.5 Å². The highest BCUT2D eigenvalue weighted by molar-refractivity contribution is 8.00. The summed E-state index contributed by atoms with van der Waals surface area (Å²) in [5.41, 5.74) is 3.16. The van der Waals surface area contributed by atoms with E-state index in [4.69, 9.17) is 5.84 Å². The fourth-order valence-electron chi connectivity index (χ4n) is 3.56. The van der Waals surface area contributed by atoms with Gasteiger partial charge in [-0.3, -0.25) is 4.79 Å². The van der Waals surface area contributed by atoms with Crippen LogP contribution in [-0.2, 0) is 11.2 Å². The number of thioether (sulfide) groups is 1. The second kappa shape index (κ2) is 8.24. The number of fused-ring (bicyclic) bond motifs is 1. The van der Waals surface area contributed by atoms with Gasteiger partial charge in [0.25, 0.3) is 0 Å². The number of hydrogen-bond donors (Lipinski definition) is 2. The lowest BCUT2D eigenvalue weighted by Crippen LogP contribution is -2.36. The molecule has 6 nitrogen and oxygen atoms in total. The predicted molar refractivity (Wildman–Crippen MR) is 111 cm³/mol. The number of amides is 1. The van der Waals surface area contributed by atoms with E-state index in [2.05, 4.69) is 27.6 Å². The van der Waals surface area contributed by atoms with Crippen LogP contribution in [0.1, 0.15) is 36.9 Å². The number of carbonyl (C=O) groups is 1. The predicted octanol–water partition coefficient (Wildman–Crippen LogP) is 3.47. The highest BCUT2D eigenvalue weighted by atomic mass is 32.2. The van der Waals surface area contributed by atoms with Gasteiger partial charge in [-0.15, -0.1) is 10.2 Å². The Morgan fingerprint density at radius 2 is 2.00 bits per heavy atom. The van der Waals surface area contributed by atoms with Crippen molar-refractivity contribution in [2.45, 2.75) is 42.6 Å². The van der Waals surface area contributed by atoms with Gasteiger partial charge in [0.1, 0.15) is 5.82 Å². The van der Waals surface area contributed by atoms with Gasteiger partial charge >= 0.3 is 0 Å². The van der Waals surface area contributed by atoms with Crippen molar-refractivity contribution in [3.8, 4) is 11.4 Å². The lowest BCUT2D eigenvalue weighted by molar-refractivity contribution is -0.121. The van der Waals surface area contributed by atoms with Crippen LogP contribution in [0.2, 0.25) is 0 Å². The van der Waals surface area contributed by atoms with Crippen LogP contribution in [0.5, 0.6) is 0 Å². The summed E-state index contributed by atoms with van der Waals surface area (Å²) in [6.07, 6.45) is 3.04. The molecule has 1 amide bonds. The van der Waals surface area contributed by atoms with Crippen LogP contribution in [-0.4, -0.2) is 26.0 Å². The molecule has 0 bridgehead atoms. The number of nitrogens with zero attached hydrogens (tertiary/aromatic N) is 3. The molecule has 8 heteroatoms.